The number of nitrogens with zero attached hydrogens (tertiary/aromatic N) is 1. The summed E-state index contributed by atoms with van der Waals surface area (Å²) in [6.45, 7) is 0.196. The molecule has 0 unspecified atom stereocenters. The second-order valence-corrected chi connectivity index (χ2v) is 4.11. The fourth-order valence-electron chi connectivity index (χ4n) is 1.48. The summed E-state index contributed by atoms with van der Waals surface area (Å²) in [5.41, 5.74) is 1.13. The van der Waals surface area contributed by atoms with Crippen LogP contribution in [0, 0.1) is 0 Å². The molecule has 0 fully saturated rings. The molecule has 0 radical (unpaired) electrons. The van der Waals surface area contributed by atoms with Crippen LogP contribution in [0.1, 0.15) is 15.9 Å². The maximum absolute atomic E-state index is 11.9. The van der Waals surface area contributed by atoms with E-state index >= 15 is 0 Å². The predicted molar refractivity (Wildman–Crippen MR) is 71.4 cm³/mol. The van der Waals surface area contributed by atoms with Crippen LogP contribution in [0.2, 0.25) is 5.15 Å². The van der Waals surface area contributed by atoms with Gasteiger partial charge in [-0.3, -0.25) is 0 Å². The molecule has 5 heteroatoms. The largest absolute Gasteiger partial charge is 0.481 e. The number of hydrogen-bond donors (Lipinski definition) is 0. The third kappa shape index (κ3) is 3.45. The number of aromatic nitrogens is 1. The van der Waals surface area contributed by atoms with E-state index < -0.39 is 5.97 Å². The van der Waals surface area contributed by atoms with E-state index in [1.807, 2.05) is 30.3 Å². The van der Waals surface area contributed by atoms with Gasteiger partial charge in [-0.15, -0.1) is 0 Å². The first-order valence-corrected chi connectivity index (χ1v) is 6.00. The summed E-state index contributed by atoms with van der Waals surface area (Å²) in [7, 11) is 1.48. The normalized spacial score (nSPS) is 10.0. The van der Waals surface area contributed by atoms with Gasteiger partial charge in [0.15, 0.2) is 0 Å². The highest BCUT2D eigenvalue weighted by molar-refractivity contribution is 6.32. The van der Waals surface area contributed by atoms with Gasteiger partial charge >= 0.3 is 5.97 Å². The van der Waals surface area contributed by atoms with Crippen molar-refractivity contribution in [3.8, 4) is 5.88 Å². The summed E-state index contributed by atoms with van der Waals surface area (Å²) in [6, 6.07) is 12.5. The number of methoxy groups -OCH3 is 1. The Kier molecular flexibility index (Phi) is 4.36. The van der Waals surface area contributed by atoms with Crippen molar-refractivity contribution in [3.05, 3.63) is 58.7 Å². The van der Waals surface area contributed by atoms with E-state index in [9.17, 15) is 4.79 Å². The number of benzene rings is 1. The number of pyridine rings is 1. The van der Waals surface area contributed by atoms with Gasteiger partial charge in [0.2, 0.25) is 5.88 Å². The number of halogens is 1. The third-order valence-corrected chi connectivity index (χ3v) is 2.75. The molecule has 1 aromatic heterocycles. The molecule has 0 aliphatic rings. The summed E-state index contributed by atoms with van der Waals surface area (Å²) in [4.78, 5) is 15.8. The Hall–Kier alpha value is -2.07. The lowest BCUT2D eigenvalue weighted by atomic mass is 10.2. The molecule has 0 atom stereocenters. The van der Waals surface area contributed by atoms with Gasteiger partial charge in [0.25, 0.3) is 0 Å². The molecule has 1 heterocycles. The molecule has 0 bridgehead atoms. The summed E-state index contributed by atoms with van der Waals surface area (Å²) in [6.07, 6.45) is 0. The molecule has 19 heavy (non-hydrogen) atoms. The standard InChI is InChI=1S/C14H12ClNO3/c1-18-12-8-7-11(13(15)16-12)14(17)19-9-10-5-3-2-4-6-10/h2-8H,9H2,1H3. The van der Waals surface area contributed by atoms with Gasteiger partial charge in [-0.2, -0.15) is 0 Å². The Morgan fingerprint density at radius 1 is 1.21 bits per heavy atom. The summed E-state index contributed by atoms with van der Waals surface area (Å²) in [5.74, 6) is -0.159. The van der Waals surface area contributed by atoms with Crippen molar-refractivity contribution in [3.63, 3.8) is 0 Å². The zero-order valence-electron chi connectivity index (χ0n) is 10.3. The lowest BCUT2D eigenvalue weighted by molar-refractivity contribution is 0.0472. The van der Waals surface area contributed by atoms with Crippen molar-refractivity contribution in [2.45, 2.75) is 6.61 Å². The van der Waals surface area contributed by atoms with Gasteiger partial charge in [0, 0.05) is 6.07 Å². The zero-order valence-corrected chi connectivity index (χ0v) is 11.1. The SMILES string of the molecule is COc1ccc(C(=O)OCc2ccccc2)c(Cl)n1. The molecule has 0 N–H and O–H groups in total. The number of carbonyl (C=O) groups is 1. The third-order valence-electron chi connectivity index (χ3n) is 2.46. The first-order chi connectivity index (χ1) is 9.20. The van der Waals surface area contributed by atoms with Gasteiger partial charge < -0.3 is 9.47 Å². The van der Waals surface area contributed by atoms with Crippen LogP contribution in [0.5, 0.6) is 5.88 Å². The van der Waals surface area contributed by atoms with Crippen molar-refractivity contribution in [1.29, 1.82) is 0 Å². The molecule has 1 aromatic carbocycles. The molecule has 0 saturated heterocycles. The highest BCUT2D eigenvalue weighted by atomic mass is 35.5. The lowest BCUT2D eigenvalue weighted by Gasteiger charge is -2.06. The van der Waals surface area contributed by atoms with Crippen LogP contribution in [-0.4, -0.2) is 18.1 Å². The highest BCUT2D eigenvalue weighted by Crippen LogP contribution is 2.19. The van der Waals surface area contributed by atoms with Crippen LogP contribution in [0.25, 0.3) is 0 Å². The smallest absolute Gasteiger partial charge is 0.341 e. The number of carbonyl (C=O) groups excluding carboxylic acids is 1. The van der Waals surface area contributed by atoms with Crippen LogP contribution in [0.3, 0.4) is 0 Å². The van der Waals surface area contributed by atoms with E-state index in [4.69, 9.17) is 21.1 Å². The molecule has 4 nitrogen and oxygen atoms in total. The number of ether oxygens (including phenoxy) is 2. The average molecular weight is 278 g/mol. The molecule has 0 aliphatic heterocycles. The Bertz CT molecular complexity index is 572. The number of esters is 1. The van der Waals surface area contributed by atoms with Crippen LogP contribution in [0.15, 0.2) is 42.5 Å². The van der Waals surface area contributed by atoms with E-state index in [0.717, 1.165) is 5.56 Å². The summed E-state index contributed by atoms with van der Waals surface area (Å²) in [5, 5.41) is 0.0670. The minimum atomic E-state index is -0.510. The first kappa shape index (κ1) is 13.4. The molecule has 98 valence electrons. The van der Waals surface area contributed by atoms with Gasteiger partial charge in [-0.1, -0.05) is 41.9 Å². The number of rotatable bonds is 4. The van der Waals surface area contributed by atoms with Gasteiger partial charge in [-0.25, -0.2) is 9.78 Å². The monoisotopic (exact) mass is 277 g/mol. The van der Waals surface area contributed by atoms with Gasteiger partial charge in [0.05, 0.1) is 12.7 Å². The fourth-order valence-corrected chi connectivity index (χ4v) is 1.71. The van der Waals surface area contributed by atoms with Crippen molar-refractivity contribution >= 4 is 17.6 Å². The topological polar surface area (TPSA) is 48.4 Å². The molecular formula is C14H12ClNO3. The summed E-state index contributed by atoms with van der Waals surface area (Å²) < 4.78 is 10.1. The molecule has 2 rings (SSSR count). The Labute approximate surface area is 115 Å². The van der Waals surface area contributed by atoms with Gasteiger partial charge in [0.1, 0.15) is 11.8 Å². The molecule has 2 aromatic rings. The second-order valence-electron chi connectivity index (χ2n) is 3.75. The molecule has 0 amide bonds. The molecule has 0 aliphatic carbocycles. The van der Waals surface area contributed by atoms with Crippen LogP contribution < -0.4 is 4.74 Å². The van der Waals surface area contributed by atoms with Crippen molar-refractivity contribution in [1.82, 2.24) is 4.98 Å². The van der Waals surface area contributed by atoms with Crippen molar-refractivity contribution in [2.24, 2.45) is 0 Å². The van der Waals surface area contributed by atoms with E-state index in [0.29, 0.717) is 5.88 Å². The Balaban J connectivity index is 2.04. The maximum Gasteiger partial charge on any atom is 0.341 e. The minimum absolute atomic E-state index is 0.0670. The Morgan fingerprint density at radius 3 is 2.58 bits per heavy atom. The van der Waals surface area contributed by atoms with Crippen molar-refractivity contribution < 1.29 is 14.3 Å². The molecular weight excluding hydrogens is 266 g/mol. The van der Waals surface area contributed by atoms with E-state index in [-0.39, 0.29) is 17.3 Å². The second kappa shape index (κ2) is 6.20. The fraction of sp³-hybridized carbons (Fsp3) is 0.143. The first-order valence-electron chi connectivity index (χ1n) is 5.62. The van der Waals surface area contributed by atoms with E-state index in [2.05, 4.69) is 4.98 Å². The maximum atomic E-state index is 11.9. The van der Waals surface area contributed by atoms with Crippen molar-refractivity contribution in [2.75, 3.05) is 7.11 Å². The predicted octanol–water partition coefficient (Wildman–Crippen LogP) is 3.10. The zero-order chi connectivity index (χ0) is 13.7. The van der Waals surface area contributed by atoms with E-state index in [1.54, 1.807) is 6.07 Å². The Morgan fingerprint density at radius 2 is 1.95 bits per heavy atom. The summed E-state index contributed by atoms with van der Waals surface area (Å²) >= 11 is 5.89. The molecule has 0 saturated carbocycles. The van der Waals surface area contributed by atoms with Crippen LogP contribution >= 0.6 is 11.6 Å². The average Bonchev–Trinajstić information content (AvgIpc) is 2.45. The van der Waals surface area contributed by atoms with E-state index in [1.165, 1.54) is 13.2 Å². The van der Waals surface area contributed by atoms with Crippen LogP contribution in [0.4, 0.5) is 0 Å². The highest BCUT2D eigenvalue weighted by Gasteiger charge is 2.14. The number of hydrogen-bond acceptors (Lipinski definition) is 4. The van der Waals surface area contributed by atoms with Gasteiger partial charge in [-0.05, 0) is 11.6 Å². The van der Waals surface area contributed by atoms with Crippen LogP contribution in [-0.2, 0) is 11.3 Å². The lowest BCUT2D eigenvalue weighted by Crippen LogP contribution is -2.07. The quantitative estimate of drug-likeness (QED) is 0.636. The minimum Gasteiger partial charge on any atom is -0.481 e. The molecule has 0 spiro atoms.